The molecule has 1 rings (SSSR count). The largest absolute Gasteiger partial charge is 0.393 e. The zero-order valence-electron chi connectivity index (χ0n) is 13.3. The Morgan fingerprint density at radius 1 is 1.43 bits per heavy atom. The van der Waals surface area contributed by atoms with Gasteiger partial charge in [0, 0.05) is 12.5 Å². The summed E-state index contributed by atoms with van der Waals surface area (Å²) in [5.41, 5.74) is -0.00674. The number of aliphatic hydroxyl groups is 1. The van der Waals surface area contributed by atoms with Crippen molar-refractivity contribution < 1.29 is 9.90 Å². The minimum atomic E-state index is -0.410. The molecular formula is C15H24ClN3O2. The van der Waals surface area contributed by atoms with E-state index in [1.165, 1.54) is 6.20 Å². The Labute approximate surface area is 131 Å². The number of nitrogens with one attached hydrogen (secondary N) is 1. The summed E-state index contributed by atoms with van der Waals surface area (Å²) >= 11 is 6.00. The van der Waals surface area contributed by atoms with Gasteiger partial charge >= 0.3 is 0 Å². The van der Waals surface area contributed by atoms with E-state index < -0.39 is 6.10 Å². The number of hydrogen-bond donors (Lipinski definition) is 2. The van der Waals surface area contributed by atoms with Crippen molar-refractivity contribution in [3.63, 3.8) is 0 Å². The Hall–Kier alpha value is -1.20. The first-order valence-electron chi connectivity index (χ1n) is 7.11. The average Bonchev–Trinajstić information content (AvgIpc) is 2.34. The fraction of sp³-hybridized carbons (Fsp3) is 0.667. The van der Waals surface area contributed by atoms with Crippen LogP contribution in [0.25, 0.3) is 0 Å². The van der Waals surface area contributed by atoms with Crippen LogP contribution in [0.2, 0.25) is 5.02 Å². The molecule has 1 atom stereocenters. The molecule has 118 valence electrons. The van der Waals surface area contributed by atoms with Gasteiger partial charge in [-0.15, -0.1) is 0 Å². The molecule has 0 aliphatic rings. The van der Waals surface area contributed by atoms with E-state index in [1.807, 2.05) is 27.7 Å². The Morgan fingerprint density at radius 3 is 2.57 bits per heavy atom. The van der Waals surface area contributed by atoms with Crippen LogP contribution in [-0.2, 0) is 0 Å². The summed E-state index contributed by atoms with van der Waals surface area (Å²) in [6.45, 7) is 10.1. The van der Waals surface area contributed by atoms with Crippen molar-refractivity contribution >= 4 is 17.5 Å². The van der Waals surface area contributed by atoms with Gasteiger partial charge in [0.15, 0.2) is 0 Å². The monoisotopic (exact) mass is 313 g/mol. The minimum Gasteiger partial charge on any atom is -0.393 e. The summed E-state index contributed by atoms with van der Waals surface area (Å²) in [7, 11) is 0. The van der Waals surface area contributed by atoms with E-state index in [-0.39, 0.29) is 28.0 Å². The Balaban J connectivity index is 2.78. The molecule has 0 saturated carbocycles. The predicted octanol–water partition coefficient (Wildman–Crippen LogP) is 2.78. The van der Waals surface area contributed by atoms with Crippen LogP contribution in [0.3, 0.4) is 0 Å². The molecule has 0 spiro atoms. The second kappa shape index (κ2) is 7.18. The second-order valence-electron chi connectivity index (χ2n) is 6.48. The third-order valence-corrected chi connectivity index (χ3v) is 3.35. The van der Waals surface area contributed by atoms with Gasteiger partial charge < -0.3 is 10.4 Å². The zero-order chi connectivity index (χ0) is 16.2. The maximum absolute atomic E-state index is 12.2. The van der Waals surface area contributed by atoms with Crippen molar-refractivity contribution in [2.75, 3.05) is 6.54 Å². The summed E-state index contributed by atoms with van der Waals surface area (Å²) in [6, 6.07) is 0. The summed E-state index contributed by atoms with van der Waals surface area (Å²) in [6.07, 6.45) is 1.65. The van der Waals surface area contributed by atoms with Crippen molar-refractivity contribution in [2.24, 2.45) is 5.41 Å². The summed E-state index contributed by atoms with van der Waals surface area (Å²) in [5.74, 6) is 0.399. The first-order valence-corrected chi connectivity index (χ1v) is 7.49. The van der Waals surface area contributed by atoms with Crippen LogP contribution >= 0.6 is 11.6 Å². The van der Waals surface area contributed by atoms with Gasteiger partial charge in [-0.1, -0.05) is 39.3 Å². The molecule has 1 heterocycles. The summed E-state index contributed by atoms with van der Waals surface area (Å²) in [4.78, 5) is 20.6. The van der Waals surface area contributed by atoms with E-state index in [2.05, 4.69) is 15.3 Å². The van der Waals surface area contributed by atoms with Crippen LogP contribution in [-0.4, -0.2) is 33.6 Å². The van der Waals surface area contributed by atoms with Crippen LogP contribution in [0.1, 0.15) is 63.3 Å². The molecule has 2 N–H and O–H groups in total. The molecule has 1 unspecified atom stereocenters. The van der Waals surface area contributed by atoms with Gasteiger partial charge in [-0.05, 0) is 18.8 Å². The van der Waals surface area contributed by atoms with E-state index in [4.69, 9.17) is 11.6 Å². The number of aliphatic hydroxyl groups excluding tert-OH is 1. The highest BCUT2D eigenvalue weighted by Gasteiger charge is 2.23. The van der Waals surface area contributed by atoms with Gasteiger partial charge in [-0.25, -0.2) is 9.97 Å². The molecule has 0 bridgehead atoms. The van der Waals surface area contributed by atoms with Gasteiger partial charge in [0.25, 0.3) is 5.91 Å². The Bertz CT molecular complexity index is 502. The molecule has 0 radical (unpaired) electrons. The van der Waals surface area contributed by atoms with Crippen molar-refractivity contribution in [2.45, 2.75) is 53.1 Å². The number of aromatic nitrogens is 2. The van der Waals surface area contributed by atoms with Crippen molar-refractivity contribution in [1.82, 2.24) is 15.3 Å². The van der Waals surface area contributed by atoms with E-state index in [9.17, 15) is 9.90 Å². The van der Waals surface area contributed by atoms with Crippen LogP contribution in [0.4, 0.5) is 0 Å². The maximum atomic E-state index is 12.2. The molecule has 0 saturated heterocycles. The van der Waals surface area contributed by atoms with Crippen LogP contribution in [0, 0.1) is 5.41 Å². The zero-order valence-corrected chi connectivity index (χ0v) is 14.0. The number of carbonyl (C=O) groups is 1. The standard InChI is InChI=1S/C15H24ClN3O2/c1-9(2)13-17-7-11(16)12(19-13)14(21)18-8-15(4,5)6-10(3)20/h7,9-10,20H,6,8H2,1-5H3,(H,18,21). The van der Waals surface area contributed by atoms with E-state index in [1.54, 1.807) is 6.92 Å². The van der Waals surface area contributed by atoms with Gasteiger partial charge in [0.05, 0.1) is 17.3 Å². The first kappa shape index (κ1) is 17.9. The van der Waals surface area contributed by atoms with E-state index >= 15 is 0 Å². The smallest absolute Gasteiger partial charge is 0.271 e. The molecule has 0 aliphatic heterocycles. The van der Waals surface area contributed by atoms with Gasteiger partial charge in [-0.2, -0.15) is 0 Å². The van der Waals surface area contributed by atoms with Crippen LogP contribution < -0.4 is 5.32 Å². The highest BCUT2D eigenvalue weighted by molar-refractivity contribution is 6.33. The quantitative estimate of drug-likeness (QED) is 0.847. The lowest BCUT2D eigenvalue weighted by atomic mass is 9.87. The normalized spacial score (nSPS) is 13.3. The first-order chi connectivity index (χ1) is 9.62. The molecule has 1 amide bonds. The third kappa shape index (κ3) is 5.59. The highest BCUT2D eigenvalue weighted by atomic mass is 35.5. The minimum absolute atomic E-state index is 0.125. The van der Waals surface area contributed by atoms with Crippen molar-refractivity contribution in [3.05, 3.63) is 22.7 Å². The van der Waals surface area contributed by atoms with Gasteiger partial charge in [-0.3, -0.25) is 4.79 Å². The number of amides is 1. The Kier molecular flexibility index (Phi) is 6.10. The highest BCUT2D eigenvalue weighted by Crippen LogP contribution is 2.22. The molecule has 0 fully saturated rings. The van der Waals surface area contributed by atoms with Gasteiger partial charge in [0.1, 0.15) is 11.5 Å². The maximum Gasteiger partial charge on any atom is 0.271 e. The average molecular weight is 314 g/mol. The molecular weight excluding hydrogens is 290 g/mol. The van der Waals surface area contributed by atoms with Crippen molar-refractivity contribution in [1.29, 1.82) is 0 Å². The number of nitrogens with zero attached hydrogens (tertiary/aromatic N) is 2. The van der Waals surface area contributed by atoms with E-state index in [0.717, 1.165) is 0 Å². The predicted molar refractivity (Wildman–Crippen MR) is 83.5 cm³/mol. The Morgan fingerprint density at radius 2 is 2.05 bits per heavy atom. The number of carbonyl (C=O) groups excluding carboxylic acids is 1. The number of hydrogen-bond acceptors (Lipinski definition) is 4. The lowest BCUT2D eigenvalue weighted by Crippen LogP contribution is -2.36. The lowest BCUT2D eigenvalue weighted by Gasteiger charge is -2.26. The number of rotatable bonds is 6. The van der Waals surface area contributed by atoms with Crippen LogP contribution in [0.15, 0.2) is 6.20 Å². The molecule has 6 heteroatoms. The lowest BCUT2D eigenvalue weighted by molar-refractivity contribution is 0.0897. The fourth-order valence-electron chi connectivity index (χ4n) is 2.09. The fourth-order valence-corrected chi connectivity index (χ4v) is 2.27. The molecule has 0 aromatic carbocycles. The SMILES string of the molecule is CC(O)CC(C)(C)CNC(=O)c1nc(C(C)C)ncc1Cl. The molecule has 1 aromatic heterocycles. The molecule has 5 nitrogen and oxygen atoms in total. The summed E-state index contributed by atoms with van der Waals surface area (Å²) in [5, 5.41) is 12.5. The second-order valence-corrected chi connectivity index (χ2v) is 6.89. The van der Waals surface area contributed by atoms with E-state index in [0.29, 0.717) is 18.8 Å². The topological polar surface area (TPSA) is 75.1 Å². The third-order valence-electron chi connectivity index (χ3n) is 3.07. The number of halogens is 1. The molecule has 1 aromatic rings. The molecule has 21 heavy (non-hydrogen) atoms. The molecule has 0 aliphatic carbocycles. The van der Waals surface area contributed by atoms with Crippen LogP contribution in [0.5, 0.6) is 0 Å². The van der Waals surface area contributed by atoms with Crippen molar-refractivity contribution in [3.8, 4) is 0 Å². The van der Waals surface area contributed by atoms with Gasteiger partial charge in [0.2, 0.25) is 0 Å². The summed E-state index contributed by atoms with van der Waals surface area (Å²) < 4.78 is 0.